The van der Waals surface area contributed by atoms with E-state index >= 15 is 0 Å². The van der Waals surface area contributed by atoms with E-state index in [1.54, 1.807) is 12.3 Å². The molecule has 4 nitrogen and oxygen atoms in total. The molecular formula is C15H14ClNO3. The maximum atomic E-state index is 12.6. The Morgan fingerprint density at radius 2 is 2.00 bits per heavy atom. The third-order valence-electron chi connectivity index (χ3n) is 4.09. The van der Waals surface area contributed by atoms with E-state index in [-0.39, 0.29) is 5.78 Å². The minimum atomic E-state index is -0.883. The van der Waals surface area contributed by atoms with Crippen molar-refractivity contribution in [2.24, 2.45) is 11.8 Å². The fraction of sp³-hybridized carbons (Fsp3) is 0.333. The molecule has 0 saturated heterocycles. The number of carboxylic acids is 1. The zero-order chi connectivity index (χ0) is 14.3. The van der Waals surface area contributed by atoms with Crippen LogP contribution in [0.5, 0.6) is 0 Å². The predicted molar refractivity (Wildman–Crippen MR) is 76.1 cm³/mol. The number of halogens is 1. The molecule has 2 N–H and O–H groups in total. The molecule has 1 fully saturated rings. The standard InChI is InChI=1S/C15H14ClNO3/c16-11-5-2-6-12-13(11)10(7-17-12)14(18)8-3-1-4-9(8)15(19)20/h2,5-9,17H,1,3-4H2,(H,19,20). The Morgan fingerprint density at radius 1 is 1.25 bits per heavy atom. The third kappa shape index (κ3) is 2.00. The number of ketones is 1. The summed E-state index contributed by atoms with van der Waals surface area (Å²) in [7, 11) is 0. The third-order valence-corrected chi connectivity index (χ3v) is 4.41. The van der Waals surface area contributed by atoms with Crippen molar-refractivity contribution in [3.8, 4) is 0 Å². The van der Waals surface area contributed by atoms with E-state index in [4.69, 9.17) is 11.6 Å². The average Bonchev–Trinajstić information content (AvgIpc) is 3.05. The average molecular weight is 292 g/mol. The Kier molecular flexibility index (Phi) is 3.26. The molecule has 0 bridgehead atoms. The van der Waals surface area contributed by atoms with Gasteiger partial charge in [0.1, 0.15) is 0 Å². The summed E-state index contributed by atoms with van der Waals surface area (Å²) >= 11 is 6.16. The van der Waals surface area contributed by atoms with Crippen LogP contribution in [0, 0.1) is 11.8 Å². The summed E-state index contributed by atoms with van der Waals surface area (Å²) in [4.78, 5) is 26.9. The van der Waals surface area contributed by atoms with Crippen LogP contribution in [-0.2, 0) is 4.79 Å². The number of rotatable bonds is 3. The van der Waals surface area contributed by atoms with E-state index in [0.717, 1.165) is 11.9 Å². The lowest BCUT2D eigenvalue weighted by Gasteiger charge is -2.14. The van der Waals surface area contributed by atoms with Gasteiger partial charge in [0.05, 0.1) is 10.9 Å². The highest BCUT2D eigenvalue weighted by Gasteiger charge is 2.38. The first-order chi connectivity index (χ1) is 9.59. The van der Waals surface area contributed by atoms with Crippen LogP contribution < -0.4 is 0 Å². The molecule has 1 heterocycles. The van der Waals surface area contributed by atoms with Crippen LogP contribution in [0.25, 0.3) is 10.9 Å². The number of fused-ring (bicyclic) bond motifs is 1. The zero-order valence-corrected chi connectivity index (χ0v) is 11.5. The van der Waals surface area contributed by atoms with E-state index in [9.17, 15) is 14.7 Å². The molecule has 20 heavy (non-hydrogen) atoms. The van der Waals surface area contributed by atoms with Gasteiger partial charge in [0.25, 0.3) is 0 Å². The fourth-order valence-electron chi connectivity index (χ4n) is 3.10. The van der Waals surface area contributed by atoms with Crippen molar-refractivity contribution in [3.63, 3.8) is 0 Å². The van der Waals surface area contributed by atoms with Crippen LogP contribution in [-0.4, -0.2) is 21.8 Å². The Hall–Kier alpha value is -1.81. The Balaban J connectivity index is 2.03. The summed E-state index contributed by atoms with van der Waals surface area (Å²) in [6.45, 7) is 0. The summed E-state index contributed by atoms with van der Waals surface area (Å²) in [5.41, 5.74) is 1.30. The van der Waals surface area contributed by atoms with Gasteiger partial charge in [0, 0.05) is 28.6 Å². The summed E-state index contributed by atoms with van der Waals surface area (Å²) < 4.78 is 0. The van der Waals surface area contributed by atoms with Gasteiger partial charge >= 0.3 is 5.97 Å². The molecule has 0 aliphatic heterocycles. The predicted octanol–water partition coefficient (Wildman–Crippen LogP) is 3.50. The molecule has 0 radical (unpaired) electrons. The van der Waals surface area contributed by atoms with E-state index in [0.29, 0.717) is 28.8 Å². The minimum Gasteiger partial charge on any atom is -0.481 e. The molecule has 104 valence electrons. The maximum Gasteiger partial charge on any atom is 0.307 e. The molecule has 2 atom stereocenters. The summed E-state index contributed by atoms with van der Waals surface area (Å²) in [5, 5.41) is 10.4. The van der Waals surface area contributed by atoms with E-state index in [1.165, 1.54) is 0 Å². The zero-order valence-electron chi connectivity index (χ0n) is 10.7. The summed E-state index contributed by atoms with van der Waals surface area (Å²) in [6, 6.07) is 5.39. The second-order valence-corrected chi connectivity index (χ2v) is 5.62. The molecule has 1 aromatic carbocycles. The minimum absolute atomic E-state index is 0.116. The van der Waals surface area contributed by atoms with Gasteiger partial charge in [0.15, 0.2) is 5.78 Å². The fourth-order valence-corrected chi connectivity index (χ4v) is 3.38. The molecule has 5 heteroatoms. The first kappa shape index (κ1) is 13.2. The highest BCUT2D eigenvalue weighted by molar-refractivity contribution is 6.37. The molecule has 1 aliphatic rings. The van der Waals surface area contributed by atoms with Crippen LogP contribution in [0.2, 0.25) is 5.02 Å². The van der Waals surface area contributed by atoms with Gasteiger partial charge in [-0.2, -0.15) is 0 Å². The van der Waals surface area contributed by atoms with E-state index < -0.39 is 17.8 Å². The van der Waals surface area contributed by atoms with Crippen molar-refractivity contribution in [3.05, 3.63) is 35.0 Å². The number of carboxylic acid groups (broad SMARTS) is 1. The molecule has 1 aliphatic carbocycles. The molecule has 2 aromatic rings. The van der Waals surface area contributed by atoms with Gasteiger partial charge in [0.2, 0.25) is 0 Å². The van der Waals surface area contributed by atoms with Crippen molar-refractivity contribution in [1.82, 2.24) is 4.98 Å². The number of Topliss-reactive ketones (excluding diaryl/α,β-unsaturated/α-hetero) is 1. The molecule has 0 amide bonds. The smallest absolute Gasteiger partial charge is 0.307 e. The molecule has 0 spiro atoms. The van der Waals surface area contributed by atoms with Gasteiger partial charge < -0.3 is 10.1 Å². The highest BCUT2D eigenvalue weighted by Crippen LogP contribution is 2.37. The van der Waals surface area contributed by atoms with Gasteiger partial charge in [-0.05, 0) is 25.0 Å². The second-order valence-electron chi connectivity index (χ2n) is 5.21. The number of hydrogen-bond donors (Lipinski definition) is 2. The van der Waals surface area contributed by atoms with E-state index in [1.807, 2.05) is 12.1 Å². The summed E-state index contributed by atoms with van der Waals surface area (Å²) in [6.07, 6.45) is 3.62. The number of carbonyl (C=O) groups excluding carboxylic acids is 1. The molecule has 1 saturated carbocycles. The topological polar surface area (TPSA) is 70.2 Å². The Morgan fingerprint density at radius 3 is 2.75 bits per heavy atom. The van der Waals surface area contributed by atoms with Crippen LogP contribution in [0.3, 0.4) is 0 Å². The number of H-pyrrole nitrogens is 1. The van der Waals surface area contributed by atoms with Crippen molar-refractivity contribution in [1.29, 1.82) is 0 Å². The number of hydrogen-bond acceptors (Lipinski definition) is 2. The van der Waals surface area contributed by atoms with E-state index in [2.05, 4.69) is 4.98 Å². The van der Waals surface area contributed by atoms with Crippen molar-refractivity contribution in [2.75, 3.05) is 0 Å². The van der Waals surface area contributed by atoms with Gasteiger partial charge in [-0.3, -0.25) is 9.59 Å². The normalized spacial score (nSPS) is 22.2. The quantitative estimate of drug-likeness (QED) is 0.850. The Bertz CT molecular complexity index is 691. The number of aromatic amines is 1. The number of carbonyl (C=O) groups is 2. The molecular weight excluding hydrogens is 278 g/mol. The number of aliphatic carboxylic acids is 1. The number of nitrogens with one attached hydrogen (secondary N) is 1. The van der Waals surface area contributed by atoms with Crippen LogP contribution in [0.15, 0.2) is 24.4 Å². The first-order valence-corrected chi connectivity index (χ1v) is 7.00. The lowest BCUT2D eigenvalue weighted by molar-refractivity contribution is -0.142. The van der Waals surface area contributed by atoms with Crippen molar-refractivity contribution in [2.45, 2.75) is 19.3 Å². The summed E-state index contributed by atoms with van der Waals surface area (Å²) in [5.74, 6) is -2.02. The van der Waals surface area contributed by atoms with Gasteiger partial charge in [-0.15, -0.1) is 0 Å². The largest absolute Gasteiger partial charge is 0.481 e. The van der Waals surface area contributed by atoms with Crippen molar-refractivity contribution >= 4 is 34.3 Å². The van der Waals surface area contributed by atoms with Crippen LogP contribution >= 0.6 is 11.6 Å². The van der Waals surface area contributed by atoms with Gasteiger partial charge in [-0.25, -0.2) is 0 Å². The molecule has 3 rings (SSSR count). The number of aromatic nitrogens is 1. The Labute approximate surface area is 120 Å². The maximum absolute atomic E-state index is 12.6. The van der Waals surface area contributed by atoms with Crippen molar-refractivity contribution < 1.29 is 14.7 Å². The highest BCUT2D eigenvalue weighted by atomic mass is 35.5. The van der Waals surface area contributed by atoms with Crippen LogP contribution in [0.1, 0.15) is 29.6 Å². The number of benzene rings is 1. The second kappa shape index (κ2) is 4.94. The lowest BCUT2D eigenvalue weighted by atomic mass is 9.88. The molecule has 2 unspecified atom stereocenters. The monoisotopic (exact) mass is 291 g/mol. The molecule has 1 aromatic heterocycles. The van der Waals surface area contributed by atoms with Gasteiger partial charge in [-0.1, -0.05) is 24.1 Å². The van der Waals surface area contributed by atoms with Crippen LogP contribution in [0.4, 0.5) is 0 Å². The SMILES string of the molecule is O=C(O)C1CCCC1C(=O)c1c[nH]c2cccc(Cl)c12. The first-order valence-electron chi connectivity index (χ1n) is 6.62. The lowest BCUT2D eigenvalue weighted by Crippen LogP contribution is -2.25.